The van der Waals surface area contributed by atoms with Crippen molar-refractivity contribution in [2.45, 2.75) is 32.6 Å². The molecule has 1 N–H and O–H groups in total. The zero-order valence-electron chi connectivity index (χ0n) is 12.9. The summed E-state index contributed by atoms with van der Waals surface area (Å²) in [4.78, 5) is 0. The lowest BCUT2D eigenvalue weighted by atomic mass is 10.1. The predicted octanol–water partition coefficient (Wildman–Crippen LogP) is 3.83. The zero-order chi connectivity index (χ0) is 14.7. The molecule has 3 rings (SSSR count). The maximum atomic E-state index is 4.92. The highest BCUT2D eigenvalue weighted by atomic mass is 32.2. The molecule has 0 spiro atoms. The van der Waals surface area contributed by atoms with Crippen molar-refractivity contribution >= 4 is 17.6 Å². The molecule has 0 radical (unpaired) electrons. The predicted molar refractivity (Wildman–Crippen MR) is 91.8 cm³/mol. The van der Waals surface area contributed by atoms with Crippen LogP contribution >= 0.6 is 11.8 Å². The van der Waals surface area contributed by atoms with Crippen LogP contribution in [0.1, 0.15) is 29.7 Å². The molecule has 0 saturated carbocycles. The average Bonchev–Trinajstić information content (AvgIpc) is 2.67. The normalized spacial score (nSPS) is 14.4. The van der Waals surface area contributed by atoms with Gasteiger partial charge in [-0.15, -0.1) is 0 Å². The first-order chi connectivity index (χ1) is 10.3. The molecule has 1 aromatic heterocycles. The Hall–Kier alpha value is -1.42. The van der Waals surface area contributed by atoms with E-state index in [4.69, 9.17) is 5.10 Å². The van der Waals surface area contributed by atoms with E-state index < -0.39 is 0 Å². The van der Waals surface area contributed by atoms with Gasteiger partial charge in [0, 0.05) is 18.5 Å². The van der Waals surface area contributed by atoms with E-state index in [0.717, 1.165) is 30.8 Å². The van der Waals surface area contributed by atoms with Crippen molar-refractivity contribution < 1.29 is 0 Å². The Labute approximate surface area is 131 Å². The van der Waals surface area contributed by atoms with Crippen molar-refractivity contribution in [2.24, 2.45) is 0 Å². The quantitative estimate of drug-likeness (QED) is 0.930. The van der Waals surface area contributed by atoms with Gasteiger partial charge in [-0.2, -0.15) is 16.9 Å². The minimum absolute atomic E-state index is 1.05. The summed E-state index contributed by atoms with van der Waals surface area (Å²) >= 11 is 1.89. The molecule has 0 fully saturated rings. The van der Waals surface area contributed by atoms with Gasteiger partial charge in [0.25, 0.3) is 0 Å². The van der Waals surface area contributed by atoms with Gasteiger partial charge in [-0.25, -0.2) is 4.68 Å². The van der Waals surface area contributed by atoms with Crippen LogP contribution in [0.3, 0.4) is 0 Å². The summed E-state index contributed by atoms with van der Waals surface area (Å²) in [5.74, 6) is 2.35. The van der Waals surface area contributed by atoms with Crippen molar-refractivity contribution in [1.29, 1.82) is 0 Å². The SMILES string of the molecule is CSCCc1nn(-c2cccc(C)c2)c2c1CCCCN2. The number of benzene rings is 1. The topological polar surface area (TPSA) is 29.9 Å². The van der Waals surface area contributed by atoms with Gasteiger partial charge in [0.05, 0.1) is 11.4 Å². The Bertz CT molecular complexity index is 618. The Morgan fingerprint density at radius 1 is 1.33 bits per heavy atom. The number of fused-ring (bicyclic) bond motifs is 1. The molecule has 0 atom stereocenters. The highest BCUT2D eigenvalue weighted by Crippen LogP contribution is 2.28. The second-order valence-electron chi connectivity index (χ2n) is 5.65. The van der Waals surface area contributed by atoms with Crippen LogP contribution in [0.25, 0.3) is 5.69 Å². The molecule has 1 aliphatic heterocycles. The van der Waals surface area contributed by atoms with Crippen molar-refractivity contribution in [2.75, 3.05) is 23.9 Å². The summed E-state index contributed by atoms with van der Waals surface area (Å²) in [6.45, 7) is 3.18. The summed E-state index contributed by atoms with van der Waals surface area (Å²) < 4.78 is 2.11. The van der Waals surface area contributed by atoms with Gasteiger partial charge in [0.1, 0.15) is 5.82 Å². The number of hydrogen-bond donors (Lipinski definition) is 1. The smallest absolute Gasteiger partial charge is 0.133 e. The third-order valence-electron chi connectivity index (χ3n) is 4.00. The second-order valence-corrected chi connectivity index (χ2v) is 6.64. The summed E-state index contributed by atoms with van der Waals surface area (Å²) in [5.41, 5.74) is 5.14. The molecule has 0 saturated heterocycles. The monoisotopic (exact) mass is 301 g/mol. The number of nitrogens with one attached hydrogen (secondary N) is 1. The molecule has 0 amide bonds. The van der Waals surface area contributed by atoms with Gasteiger partial charge in [0.15, 0.2) is 0 Å². The molecular weight excluding hydrogens is 278 g/mol. The molecule has 1 aromatic carbocycles. The molecule has 4 heteroatoms. The van der Waals surface area contributed by atoms with Gasteiger partial charge in [-0.3, -0.25) is 0 Å². The minimum Gasteiger partial charge on any atom is -0.370 e. The number of hydrogen-bond acceptors (Lipinski definition) is 3. The third-order valence-corrected chi connectivity index (χ3v) is 4.61. The molecule has 3 nitrogen and oxygen atoms in total. The fourth-order valence-corrected chi connectivity index (χ4v) is 3.32. The van der Waals surface area contributed by atoms with Crippen LogP contribution in [-0.2, 0) is 12.8 Å². The van der Waals surface area contributed by atoms with Crippen LogP contribution in [0.4, 0.5) is 5.82 Å². The lowest BCUT2D eigenvalue weighted by Gasteiger charge is -2.09. The lowest BCUT2D eigenvalue weighted by Crippen LogP contribution is -2.07. The van der Waals surface area contributed by atoms with E-state index in [1.54, 1.807) is 0 Å². The highest BCUT2D eigenvalue weighted by Gasteiger charge is 2.20. The van der Waals surface area contributed by atoms with Crippen LogP contribution in [0.15, 0.2) is 24.3 Å². The first kappa shape index (κ1) is 14.5. The lowest BCUT2D eigenvalue weighted by molar-refractivity contribution is 0.765. The van der Waals surface area contributed by atoms with Crippen LogP contribution in [0.5, 0.6) is 0 Å². The fraction of sp³-hybridized carbons (Fsp3) is 0.471. The summed E-state index contributed by atoms with van der Waals surface area (Å²) in [7, 11) is 0. The van der Waals surface area contributed by atoms with Crippen LogP contribution < -0.4 is 5.32 Å². The van der Waals surface area contributed by atoms with Crippen molar-refractivity contribution in [3.63, 3.8) is 0 Å². The van der Waals surface area contributed by atoms with Crippen molar-refractivity contribution in [3.05, 3.63) is 41.1 Å². The van der Waals surface area contributed by atoms with E-state index in [-0.39, 0.29) is 0 Å². The third kappa shape index (κ3) is 3.10. The summed E-state index contributed by atoms with van der Waals surface area (Å²) in [6.07, 6.45) is 6.87. The Morgan fingerprint density at radius 3 is 3.05 bits per heavy atom. The number of rotatable bonds is 4. The van der Waals surface area contributed by atoms with Crippen LogP contribution in [0.2, 0.25) is 0 Å². The van der Waals surface area contributed by atoms with E-state index in [2.05, 4.69) is 47.4 Å². The van der Waals surface area contributed by atoms with E-state index in [9.17, 15) is 0 Å². The number of nitrogens with zero attached hydrogens (tertiary/aromatic N) is 2. The maximum Gasteiger partial charge on any atom is 0.133 e. The Morgan fingerprint density at radius 2 is 2.24 bits per heavy atom. The minimum atomic E-state index is 1.05. The standard InChI is InChI=1S/C17H23N3S/c1-13-6-5-7-14(12-13)20-17-15(8-3-4-10-18-17)16(19-20)9-11-21-2/h5-7,12,18H,3-4,8-11H2,1-2H3. The number of aromatic nitrogens is 2. The van der Waals surface area contributed by atoms with E-state index in [1.807, 2.05) is 11.8 Å². The summed E-state index contributed by atoms with van der Waals surface area (Å²) in [6, 6.07) is 8.59. The largest absolute Gasteiger partial charge is 0.370 e. The fourth-order valence-electron chi connectivity index (χ4n) is 2.92. The number of anilines is 1. The van der Waals surface area contributed by atoms with Crippen molar-refractivity contribution in [3.8, 4) is 5.69 Å². The molecule has 112 valence electrons. The Balaban J connectivity index is 2.05. The van der Waals surface area contributed by atoms with Gasteiger partial charge in [-0.05, 0) is 55.9 Å². The van der Waals surface area contributed by atoms with Gasteiger partial charge in [0.2, 0.25) is 0 Å². The second kappa shape index (κ2) is 6.56. The zero-order valence-corrected chi connectivity index (χ0v) is 13.7. The molecule has 0 unspecified atom stereocenters. The van der Waals surface area contributed by atoms with Gasteiger partial charge >= 0.3 is 0 Å². The molecule has 0 aliphatic carbocycles. The van der Waals surface area contributed by atoms with Gasteiger partial charge in [-0.1, -0.05) is 12.1 Å². The molecule has 2 heterocycles. The number of thioether (sulfide) groups is 1. The first-order valence-corrected chi connectivity index (χ1v) is 9.09. The van der Waals surface area contributed by atoms with Gasteiger partial charge < -0.3 is 5.32 Å². The van der Waals surface area contributed by atoms with Crippen molar-refractivity contribution in [1.82, 2.24) is 9.78 Å². The molecule has 21 heavy (non-hydrogen) atoms. The summed E-state index contributed by atoms with van der Waals surface area (Å²) in [5, 5.41) is 8.53. The van der Waals surface area contributed by atoms with E-state index in [1.165, 1.54) is 35.5 Å². The maximum absolute atomic E-state index is 4.92. The Kier molecular flexibility index (Phi) is 4.54. The van der Waals surface area contributed by atoms with Crippen LogP contribution in [0, 0.1) is 6.92 Å². The molecule has 0 bridgehead atoms. The first-order valence-electron chi connectivity index (χ1n) is 7.70. The number of aryl methyl sites for hydroxylation is 2. The van der Waals surface area contributed by atoms with E-state index >= 15 is 0 Å². The molecule has 2 aromatic rings. The molecule has 1 aliphatic rings. The van der Waals surface area contributed by atoms with Crippen LogP contribution in [-0.4, -0.2) is 28.3 Å². The average molecular weight is 301 g/mol. The molecular formula is C17H23N3S. The van der Waals surface area contributed by atoms with E-state index in [0.29, 0.717) is 0 Å². The highest BCUT2D eigenvalue weighted by molar-refractivity contribution is 7.98.